The summed E-state index contributed by atoms with van der Waals surface area (Å²) in [6.07, 6.45) is 7.54. The zero-order valence-electron chi connectivity index (χ0n) is 23.8. The predicted molar refractivity (Wildman–Crippen MR) is 167 cm³/mol. The SMILES string of the molecule is CCC[CH2][Ti]([CH2]CCC)([c]1cccc2c1Cc1ccccc1-2)([c]1cccc2c1Cc1ccccc1-2)[SiH](C)C. The van der Waals surface area contributed by atoms with Crippen LogP contribution in [0, 0.1) is 0 Å². The van der Waals surface area contributed by atoms with Crippen LogP contribution in [0.15, 0.2) is 84.9 Å². The second kappa shape index (κ2) is 10.1. The van der Waals surface area contributed by atoms with E-state index < -0.39 is 21.2 Å². The third kappa shape index (κ3) is 3.65. The van der Waals surface area contributed by atoms with Gasteiger partial charge in [0.25, 0.3) is 0 Å². The Morgan fingerprint density at radius 1 is 0.553 bits per heavy atom. The molecule has 0 nitrogen and oxygen atoms in total. The van der Waals surface area contributed by atoms with Crippen LogP contribution in [0.2, 0.25) is 22.5 Å². The van der Waals surface area contributed by atoms with Crippen LogP contribution >= 0.6 is 0 Å². The van der Waals surface area contributed by atoms with Crippen molar-refractivity contribution in [3.05, 3.63) is 107 Å². The molecule has 0 fully saturated rings. The van der Waals surface area contributed by atoms with Crippen molar-refractivity contribution >= 4 is 14.4 Å². The van der Waals surface area contributed by atoms with Crippen LogP contribution in [0.3, 0.4) is 0 Å². The maximum atomic E-state index is 2.76. The van der Waals surface area contributed by atoms with Gasteiger partial charge in [-0.15, -0.1) is 0 Å². The summed E-state index contributed by atoms with van der Waals surface area (Å²) in [5.41, 5.74) is 12.5. The maximum absolute atomic E-state index is 3.52. The zero-order chi connectivity index (χ0) is 26.4. The standard InChI is InChI=1S/2C13H9.2C4H9.C2H7Si.Ti/c2*1-3-7-12-10(5-1)9-11-6-2-4-8-13(11)12;2*1-3-4-2;1-3-2;/h2*1-5,7-8H,9H2;2*1,3-4H2,2H3;3H,1-2H3;. The molecule has 0 bridgehead atoms. The number of fused-ring (bicyclic) bond motifs is 6. The van der Waals surface area contributed by atoms with Crippen LogP contribution in [0.25, 0.3) is 22.3 Å². The third-order valence-corrected chi connectivity index (χ3v) is 41.8. The third-order valence-electron chi connectivity index (χ3n) is 10.6. The fraction of sp³-hybridized carbons (Fsp3) is 0.333. The van der Waals surface area contributed by atoms with E-state index in [9.17, 15) is 0 Å². The van der Waals surface area contributed by atoms with E-state index in [1.807, 2.05) is 7.74 Å². The monoisotopic (exact) mass is 551 g/mol. The van der Waals surface area contributed by atoms with Crippen molar-refractivity contribution in [2.45, 2.75) is 74.9 Å². The molecule has 2 aliphatic rings. The first-order valence-electron chi connectivity index (χ1n) is 15.1. The second-order valence-corrected chi connectivity index (χ2v) is 34.7. The number of benzene rings is 4. The van der Waals surface area contributed by atoms with Crippen molar-refractivity contribution in [2.75, 3.05) is 0 Å². The van der Waals surface area contributed by atoms with Crippen LogP contribution in [0.1, 0.15) is 61.8 Å². The molecule has 0 spiro atoms. The normalized spacial score (nSPS) is 14.5. The summed E-state index contributed by atoms with van der Waals surface area (Å²) in [4.78, 5) is 0. The summed E-state index contributed by atoms with van der Waals surface area (Å²) in [5.74, 6) is 0. The Labute approximate surface area is 232 Å². The molecule has 0 radical (unpaired) electrons. The van der Waals surface area contributed by atoms with Crippen molar-refractivity contribution in [3.8, 4) is 22.3 Å². The minimum absolute atomic E-state index is 1.12. The summed E-state index contributed by atoms with van der Waals surface area (Å²) >= 11 is -3.52. The molecule has 0 aromatic heterocycles. The van der Waals surface area contributed by atoms with Crippen LogP contribution in [-0.4, -0.2) is 6.66 Å². The van der Waals surface area contributed by atoms with E-state index >= 15 is 0 Å². The Hall–Kier alpha value is -2.19. The first-order valence-corrected chi connectivity index (χ1v) is 24.5. The molecule has 2 aliphatic carbocycles. The molecule has 0 N–H and O–H groups in total. The topological polar surface area (TPSA) is 0 Å². The molecule has 0 saturated heterocycles. The van der Waals surface area contributed by atoms with Gasteiger partial charge in [-0.2, -0.15) is 0 Å². The molecule has 0 saturated carbocycles. The molecule has 4 aromatic rings. The number of unbranched alkanes of at least 4 members (excludes halogenated alkanes) is 2. The summed E-state index contributed by atoms with van der Waals surface area (Å²) in [6.45, 7) is 9.20. The molecule has 38 heavy (non-hydrogen) atoms. The molecule has 6 rings (SSSR count). The fourth-order valence-corrected chi connectivity index (χ4v) is 37.0. The average molecular weight is 552 g/mol. The van der Waals surface area contributed by atoms with E-state index in [0.717, 1.165) is 12.8 Å². The van der Waals surface area contributed by atoms with Crippen molar-refractivity contribution in [3.63, 3.8) is 0 Å². The van der Waals surface area contributed by atoms with Gasteiger partial charge in [0.1, 0.15) is 0 Å². The van der Waals surface area contributed by atoms with Crippen molar-refractivity contribution in [1.82, 2.24) is 0 Å². The zero-order valence-corrected chi connectivity index (χ0v) is 26.5. The van der Waals surface area contributed by atoms with Crippen molar-refractivity contribution in [1.29, 1.82) is 0 Å². The fourth-order valence-electron chi connectivity index (χ4n) is 8.65. The summed E-state index contributed by atoms with van der Waals surface area (Å²) < 4.78 is 6.64. The van der Waals surface area contributed by atoms with Gasteiger partial charge in [0.2, 0.25) is 0 Å². The molecule has 0 aliphatic heterocycles. The van der Waals surface area contributed by atoms with Gasteiger partial charge in [-0.25, -0.2) is 0 Å². The van der Waals surface area contributed by atoms with Gasteiger partial charge in [0, 0.05) is 0 Å². The van der Waals surface area contributed by atoms with Gasteiger partial charge in [-0.1, -0.05) is 0 Å². The molecular weight excluding hydrogens is 508 g/mol. The van der Waals surface area contributed by atoms with Crippen LogP contribution in [-0.2, 0) is 27.4 Å². The van der Waals surface area contributed by atoms with Gasteiger partial charge >= 0.3 is 233 Å². The number of hydrogen-bond donors (Lipinski definition) is 0. The van der Waals surface area contributed by atoms with Gasteiger partial charge < -0.3 is 0 Å². The molecule has 4 aromatic carbocycles. The van der Waals surface area contributed by atoms with E-state index in [1.54, 1.807) is 11.1 Å². The second-order valence-electron chi connectivity index (χ2n) is 12.5. The number of rotatable bonds is 9. The van der Waals surface area contributed by atoms with Gasteiger partial charge in [-0.05, 0) is 0 Å². The van der Waals surface area contributed by atoms with Crippen molar-refractivity contribution in [2.24, 2.45) is 0 Å². The number of hydrogen-bond acceptors (Lipinski definition) is 0. The summed E-state index contributed by atoms with van der Waals surface area (Å²) in [6, 6.07) is 33.5. The van der Waals surface area contributed by atoms with E-state index in [-0.39, 0.29) is 0 Å². The Kier molecular flexibility index (Phi) is 6.92. The quantitative estimate of drug-likeness (QED) is 0.157. The molecule has 195 valence electrons. The minimum atomic E-state index is -3.52. The Morgan fingerprint density at radius 2 is 0.974 bits per heavy atom. The molecular formula is C36H43SiTi. The van der Waals surface area contributed by atoms with Gasteiger partial charge in [0.15, 0.2) is 0 Å². The van der Waals surface area contributed by atoms with E-state index in [4.69, 9.17) is 0 Å². The predicted octanol–water partition coefficient (Wildman–Crippen LogP) is 8.89. The molecule has 0 heterocycles. The van der Waals surface area contributed by atoms with Gasteiger partial charge in [0.05, 0.1) is 0 Å². The van der Waals surface area contributed by atoms with Crippen LogP contribution < -0.4 is 7.74 Å². The van der Waals surface area contributed by atoms with E-state index in [0.29, 0.717) is 0 Å². The molecule has 2 heteroatoms. The molecule has 0 amide bonds. The van der Waals surface area contributed by atoms with Crippen LogP contribution in [0.5, 0.6) is 0 Å². The van der Waals surface area contributed by atoms with Gasteiger partial charge in [-0.3, -0.25) is 0 Å². The van der Waals surface area contributed by atoms with E-state index in [1.165, 1.54) is 68.5 Å². The molecule has 0 atom stereocenters. The average Bonchev–Trinajstić information content (AvgIpc) is 3.52. The first-order chi connectivity index (χ1) is 18.5. The molecule has 0 unspecified atom stereocenters. The first kappa shape index (κ1) is 26.1. The van der Waals surface area contributed by atoms with Crippen LogP contribution in [0.4, 0.5) is 0 Å². The summed E-state index contributed by atoms with van der Waals surface area (Å²) in [7, 11) is 0. The Balaban J connectivity index is 1.71. The Morgan fingerprint density at radius 3 is 1.39 bits per heavy atom. The summed E-state index contributed by atoms with van der Waals surface area (Å²) in [5, 5.41) is 0. The van der Waals surface area contributed by atoms with E-state index in [2.05, 4.69) is 112 Å². The Bertz CT molecular complexity index is 1390. The van der Waals surface area contributed by atoms with Crippen molar-refractivity contribution < 1.29 is 14.6 Å².